The summed E-state index contributed by atoms with van der Waals surface area (Å²) in [6.07, 6.45) is 2.86. The van der Waals surface area contributed by atoms with E-state index in [9.17, 15) is 0 Å². The second-order valence-corrected chi connectivity index (χ2v) is 7.74. The molecular formula is C15H29N3. The van der Waals surface area contributed by atoms with Gasteiger partial charge in [-0.15, -0.1) is 0 Å². The molecule has 2 heterocycles. The van der Waals surface area contributed by atoms with Gasteiger partial charge in [-0.2, -0.15) is 0 Å². The Hall–Kier alpha value is -0.120. The van der Waals surface area contributed by atoms with Crippen LogP contribution in [0.3, 0.4) is 0 Å². The van der Waals surface area contributed by atoms with Gasteiger partial charge in [0, 0.05) is 55.8 Å². The van der Waals surface area contributed by atoms with Crippen LogP contribution in [-0.2, 0) is 0 Å². The van der Waals surface area contributed by atoms with Gasteiger partial charge in [-0.3, -0.25) is 4.90 Å². The van der Waals surface area contributed by atoms with Gasteiger partial charge in [0.05, 0.1) is 0 Å². The number of likely N-dealkylation sites (tertiary alicyclic amines) is 1. The molecule has 3 fully saturated rings. The van der Waals surface area contributed by atoms with Gasteiger partial charge in [-0.25, -0.2) is 0 Å². The van der Waals surface area contributed by atoms with Crippen LogP contribution in [-0.4, -0.2) is 60.1 Å². The van der Waals surface area contributed by atoms with E-state index < -0.39 is 0 Å². The van der Waals surface area contributed by atoms with E-state index in [0.29, 0.717) is 11.0 Å². The van der Waals surface area contributed by atoms with Crippen molar-refractivity contribution < 1.29 is 0 Å². The van der Waals surface area contributed by atoms with Crippen LogP contribution in [0.4, 0.5) is 0 Å². The first-order valence-corrected chi connectivity index (χ1v) is 7.64. The van der Waals surface area contributed by atoms with E-state index >= 15 is 0 Å². The van der Waals surface area contributed by atoms with Crippen LogP contribution in [0.15, 0.2) is 0 Å². The summed E-state index contributed by atoms with van der Waals surface area (Å²) in [4.78, 5) is 5.48. The molecule has 104 valence electrons. The molecule has 3 rings (SSSR count). The van der Waals surface area contributed by atoms with E-state index in [0.717, 1.165) is 12.1 Å². The molecule has 0 unspecified atom stereocenters. The highest BCUT2D eigenvalue weighted by Gasteiger charge is 2.65. The Bertz CT molecular complexity index is 316. The zero-order valence-corrected chi connectivity index (χ0v) is 12.5. The van der Waals surface area contributed by atoms with Gasteiger partial charge in [0.1, 0.15) is 0 Å². The van der Waals surface area contributed by atoms with E-state index in [1.54, 1.807) is 0 Å². The number of nitrogens with one attached hydrogen (secondary N) is 1. The van der Waals surface area contributed by atoms with Gasteiger partial charge in [-0.1, -0.05) is 0 Å². The van der Waals surface area contributed by atoms with Crippen molar-refractivity contribution in [3.8, 4) is 0 Å². The number of piperazine rings is 1. The van der Waals surface area contributed by atoms with Gasteiger partial charge in [0.15, 0.2) is 0 Å². The average molecular weight is 251 g/mol. The molecule has 3 atom stereocenters. The van der Waals surface area contributed by atoms with Crippen LogP contribution in [0, 0.1) is 5.41 Å². The van der Waals surface area contributed by atoms with Crippen molar-refractivity contribution in [2.24, 2.45) is 5.41 Å². The molecule has 0 spiro atoms. The molecule has 2 saturated heterocycles. The lowest BCUT2D eigenvalue weighted by Crippen LogP contribution is -2.46. The fourth-order valence-electron chi connectivity index (χ4n) is 4.61. The third kappa shape index (κ3) is 2.10. The number of hydrogen-bond donors (Lipinski definition) is 1. The lowest BCUT2D eigenvalue weighted by molar-refractivity contribution is 0.104. The van der Waals surface area contributed by atoms with Crippen molar-refractivity contribution in [1.29, 1.82) is 0 Å². The van der Waals surface area contributed by atoms with E-state index in [1.165, 1.54) is 45.6 Å². The standard InChI is InChI=1S/C15H29N3/c1-12-9-15(11-17-7-5-16-6-8-17)10-13(15)18(12)14(2,3)4/h12-13,16H,5-11H2,1-4H3/t12-,13-,15+/m1/s1. The monoisotopic (exact) mass is 251 g/mol. The van der Waals surface area contributed by atoms with Crippen LogP contribution in [0.25, 0.3) is 0 Å². The topological polar surface area (TPSA) is 18.5 Å². The maximum Gasteiger partial charge on any atom is 0.0179 e. The third-order valence-corrected chi connectivity index (χ3v) is 5.18. The molecule has 0 aromatic heterocycles. The van der Waals surface area contributed by atoms with Crippen molar-refractivity contribution >= 4 is 0 Å². The number of rotatable bonds is 2. The average Bonchev–Trinajstić information content (AvgIpc) is 2.82. The number of hydrogen-bond acceptors (Lipinski definition) is 3. The second-order valence-electron chi connectivity index (χ2n) is 7.74. The maximum absolute atomic E-state index is 3.46. The van der Waals surface area contributed by atoms with E-state index in [1.807, 2.05) is 0 Å². The number of fused-ring (bicyclic) bond motifs is 1. The van der Waals surface area contributed by atoms with Crippen molar-refractivity contribution in [2.75, 3.05) is 32.7 Å². The fourth-order valence-corrected chi connectivity index (χ4v) is 4.61. The minimum atomic E-state index is 0.339. The molecule has 2 aliphatic heterocycles. The van der Waals surface area contributed by atoms with Gasteiger partial charge in [0.2, 0.25) is 0 Å². The van der Waals surface area contributed by atoms with Crippen LogP contribution in [0.1, 0.15) is 40.5 Å². The summed E-state index contributed by atoms with van der Waals surface area (Å²) in [6.45, 7) is 15.8. The van der Waals surface area contributed by atoms with Crippen molar-refractivity contribution in [2.45, 2.75) is 58.2 Å². The summed E-state index contributed by atoms with van der Waals surface area (Å²) in [5, 5.41) is 3.46. The van der Waals surface area contributed by atoms with Gasteiger partial charge in [-0.05, 0) is 40.5 Å². The van der Waals surface area contributed by atoms with Crippen LogP contribution in [0.5, 0.6) is 0 Å². The molecule has 1 aliphatic carbocycles. The molecule has 0 bridgehead atoms. The highest BCUT2D eigenvalue weighted by molar-refractivity contribution is 5.19. The van der Waals surface area contributed by atoms with E-state index in [-0.39, 0.29) is 0 Å². The smallest absolute Gasteiger partial charge is 0.0179 e. The van der Waals surface area contributed by atoms with Crippen molar-refractivity contribution in [3.63, 3.8) is 0 Å². The van der Waals surface area contributed by atoms with Crippen molar-refractivity contribution in [1.82, 2.24) is 15.1 Å². The molecule has 3 aliphatic rings. The highest BCUT2D eigenvalue weighted by atomic mass is 15.3. The largest absolute Gasteiger partial charge is 0.314 e. The zero-order chi connectivity index (χ0) is 13.0. The summed E-state index contributed by atoms with van der Waals surface area (Å²) in [7, 11) is 0. The lowest BCUT2D eigenvalue weighted by atomic mass is 9.98. The first-order chi connectivity index (χ1) is 8.42. The number of nitrogens with zero attached hydrogens (tertiary/aromatic N) is 2. The molecule has 0 amide bonds. The Labute approximate surface area is 112 Å². The molecular weight excluding hydrogens is 222 g/mol. The predicted molar refractivity (Wildman–Crippen MR) is 75.8 cm³/mol. The van der Waals surface area contributed by atoms with Gasteiger partial charge in [0.25, 0.3) is 0 Å². The molecule has 3 heteroatoms. The Morgan fingerprint density at radius 2 is 1.83 bits per heavy atom. The third-order valence-electron chi connectivity index (χ3n) is 5.18. The zero-order valence-electron chi connectivity index (χ0n) is 12.5. The van der Waals surface area contributed by atoms with E-state index in [2.05, 4.69) is 42.8 Å². The minimum Gasteiger partial charge on any atom is -0.314 e. The second kappa shape index (κ2) is 4.19. The normalized spacial score (nSPS) is 42.0. The van der Waals surface area contributed by atoms with Crippen LogP contribution in [0.2, 0.25) is 0 Å². The molecule has 18 heavy (non-hydrogen) atoms. The molecule has 0 aromatic rings. The van der Waals surface area contributed by atoms with Crippen LogP contribution < -0.4 is 5.32 Å². The Kier molecular flexibility index (Phi) is 3.00. The first-order valence-electron chi connectivity index (χ1n) is 7.64. The summed E-state index contributed by atoms with van der Waals surface area (Å²) >= 11 is 0. The first kappa shape index (κ1) is 12.9. The minimum absolute atomic E-state index is 0.339. The fraction of sp³-hybridized carbons (Fsp3) is 1.00. The summed E-state index contributed by atoms with van der Waals surface area (Å²) < 4.78 is 0. The SMILES string of the molecule is C[C@@H]1C[C@@]2(CN3CCNCC3)C[C@H]2N1C(C)(C)C. The number of piperidine rings is 1. The Balaban J connectivity index is 1.65. The highest BCUT2D eigenvalue weighted by Crippen LogP contribution is 2.61. The van der Waals surface area contributed by atoms with Gasteiger partial charge >= 0.3 is 0 Å². The quantitative estimate of drug-likeness (QED) is 0.803. The molecule has 0 radical (unpaired) electrons. The summed E-state index contributed by atoms with van der Waals surface area (Å²) in [6, 6.07) is 1.63. The molecule has 1 N–H and O–H groups in total. The summed E-state index contributed by atoms with van der Waals surface area (Å²) in [5.41, 5.74) is 0.982. The van der Waals surface area contributed by atoms with Crippen LogP contribution >= 0.6 is 0 Å². The van der Waals surface area contributed by atoms with Crippen molar-refractivity contribution in [3.05, 3.63) is 0 Å². The predicted octanol–water partition coefficient (Wildman–Crippen LogP) is 1.54. The molecule has 3 nitrogen and oxygen atoms in total. The molecule has 0 aromatic carbocycles. The Morgan fingerprint density at radius 1 is 1.17 bits per heavy atom. The molecule has 1 saturated carbocycles. The maximum atomic E-state index is 3.46. The summed E-state index contributed by atoms with van der Waals surface area (Å²) in [5.74, 6) is 0. The van der Waals surface area contributed by atoms with Gasteiger partial charge < -0.3 is 10.2 Å². The lowest BCUT2D eigenvalue weighted by Gasteiger charge is -2.37. The Morgan fingerprint density at radius 3 is 2.39 bits per heavy atom. The van der Waals surface area contributed by atoms with E-state index in [4.69, 9.17) is 0 Å².